The number of anilines is 1. The molecule has 0 radical (unpaired) electrons. The van der Waals surface area contributed by atoms with Gasteiger partial charge in [-0.15, -0.1) is 0 Å². The number of aliphatic hydroxyl groups is 1. The third-order valence-corrected chi connectivity index (χ3v) is 4.53. The van der Waals surface area contributed by atoms with E-state index >= 15 is 0 Å². The average molecular weight is 286 g/mol. The van der Waals surface area contributed by atoms with Gasteiger partial charge in [0.1, 0.15) is 4.90 Å². The summed E-state index contributed by atoms with van der Waals surface area (Å²) in [7, 11) is -3.68. The number of aryl methyl sites for hydroxylation is 2. The molecule has 1 aromatic carbocycles. The van der Waals surface area contributed by atoms with Crippen LogP contribution in [0.15, 0.2) is 17.0 Å². The third-order valence-electron chi connectivity index (χ3n) is 3.05. The Labute approximate surface area is 114 Å². The molecule has 5 nitrogen and oxygen atoms in total. The molecule has 1 rings (SSSR count). The maximum Gasteiger partial charge on any atom is 0.242 e. The van der Waals surface area contributed by atoms with Gasteiger partial charge in [0.25, 0.3) is 0 Å². The minimum Gasteiger partial charge on any atom is -0.398 e. The highest BCUT2D eigenvalue weighted by atomic mass is 32.2. The number of nitrogens with two attached hydrogens (primary N) is 1. The second kappa shape index (κ2) is 6.36. The first-order valence-electron chi connectivity index (χ1n) is 6.32. The minimum atomic E-state index is -3.68. The Hall–Kier alpha value is -1.11. The number of nitrogens with one attached hydrogen (secondary N) is 1. The maximum atomic E-state index is 12.1. The van der Waals surface area contributed by atoms with Crippen LogP contribution in [0, 0.1) is 13.8 Å². The number of nitrogen functional groups attached to an aromatic ring is 1. The first-order chi connectivity index (χ1) is 8.77. The van der Waals surface area contributed by atoms with Gasteiger partial charge in [0.05, 0.1) is 11.8 Å². The minimum absolute atomic E-state index is 0.00252. The topological polar surface area (TPSA) is 92.4 Å². The van der Waals surface area contributed by atoms with Crippen molar-refractivity contribution in [2.75, 3.05) is 12.3 Å². The van der Waals surface area contributed by atoms with Crippen LogP contribution in [-0.4, -0.2) is 26.2 Å². The molecule has 1 aromatic rings. The van der Waals surface area contributed by atoms with E-state index in [1.165, 1.54) is 0 Å². The Morgan fingerprint density at radius 2 is 1.89 bits per heavy atom. The number of hydrogen-bond donors (Lipinski definition) is 3. The Bertz CT molecular complexity index is 541. The van der Waals surface area contributed by atoms with Gasteiger partial charge in [-0.2, -0.15) is 0 Å². The number of rotatable bonds is 6. The summed E-state index contributed by atoms with van der Waals surface area (Å²) in [6.45, 7) is 5.64. The molecule has 0 aromatic heterocycles. The Morgan fingerprint density at radius 1 is 1.32 bits per heavy atom. The molecule has 4 N–H and O–H groups in total. The molecule has 0 aliphatic rings. The second-order valence-electron chi connectivity index (χ2n) is 4.77. The summed E-state index contributed by atoms with van der Waals surface area (Å²) in [5, 5.41) is 9.57. The van der Waals surface area contributed by atoms with E-state index in [1.54, 1.807) is 12.1 Å². The summed E-state index contributed by atoms with van der Waals surface area (Å²) < 4.78 is 26.6. The fourth-order valence-electron chi connectivity index (χ4n) is 1.76. The van der Waals surface area contributed by atoms with E-state index in [0.29, 0.717) is 6.42 Å². The highest BCUT2D eigenvalue weighted by Crippen LogP contribution is 2.22. The van der Waals surface area contributed by atoms with Crippen molar-refractivity contribution in [3.63, 3.8) is 0 Å². The van der Waals surface area contributed by atoms with Gasteiger partial charge in [-0.25, -0.2) is 13.1 Å². The van der Waals surface area contributed by atoms with E-state index in [-0.39, 0.29) is 17.1 Å². The van der Waals surface area contributed by atoms with Crippen molar-refractivity contribution in [2.24, 2.45) is 0 Å². The zero-order chi connectivity index (χ0) is 14.6. The molecule has 0 saturated heterocycles. The smallest absolute Gasteiger partial charge is 0.242 e. The van der Waals surface area contributed by atoms with Gasteiger partial charge in [0.15, 0.2) is 0 Å². The average Bonchev–Trinajstić information content (AvgIpc) is 2.31. The van der Waals surface area contributed by atoms with Crippen molar-refractivity contribution in [3.05, 3.63) is 23.3 Å². The first-order valence-corrected chi connectivity index (χ1v) is 7.80. The zero-order valence-corrected chi connectivity index (χ0v) is 12.4. The summed E-state index contributed by atoms with van der Waals surface area (Å²) >= 11 is 0. The largest absolute Gasteiger partial charge is 0.398 e. The van der Waals surface area contributed by atoms with Crippen molar-refractivity contribution >= 4 is 15.7 Å². The highest BCUT2D eigenvalue weighted by molar-refractivity contribution is 7.89. The molecule has 0 aliphatic heterocycles. The van der Waals surface area contributed by atoms with Gasteiger partial charge in [0, 0.05) is 6.54 Å². The molecule has 0 amide bonds. The summed E-state index contributed by atoms with van der Waals surface area (Å²) in [5.74, 6) is 0. The van der Waals surface area contributed by atoms with Crippen molar-refractivity contribution in [1.82, 2.24) is 4.72 Å². The molecule has 0 spiro atoms. The van der Waals surface area contributed by atoms with Crippen LogP contribution in [0.5, 0.6) is 0 Å². The Balaban J connectivity index is 2.92. The van der Waals surface area contributed by atoms with Crippen molar-refractivity contribution in [1.29, 1.82) is 0 Å². The molecule has 0 saturated carbocycles. The first kappa shape index (κ1) is 15.9. The summed E-state index contributed by atoms with van der Waals surface area (Å²) in [6.07, 6.45) is 0.687. The standard InChI is InChI=1S/C13H22N2O3S/c1-4-5-11(16)8-15-19(17,18)13-7-10(3)9(2)6-12(13)14/h6-7,11,15-16H,4-5,8,14H2,1-3H3. The number of benzene rings is 1. The third kappa shape index (κ3) is 4.19. The number of hydrogen-bond acceptors (Lipinski definition) is 4. The van der Waals surface area contributed by atoms with Gasteiger partial charge in [-0.1, -0.05) is 13.3 Å². The zero-order valence-electron chi connectivity index (χ0n) is 11.6. The quantitative estimate of drug-likeness (QED) is 0.688. The molecule has 1 atom stereocenters. The van der Waals surface area contributed by atoms with Crippen LogP contribution in [0.1, 0.15) is 30.9 Å². The van der Waals surface area contributed by atoms with E-state index in [0.717, 1.165) is 17.5 Å². The molecule has 0 heterocycles. The molecule has 108 valence electrons. The SMILES string of the molecule is CCCC(O)CNS(=O)(=O)c1cc(C)c(C)cc1N. The van der Waals surface area contributed by atoms with Crippen LogP contribution in [0.4, 0.5) is 5.69 Å². The second-order valence-corrected chi connectivity index (χ2v) is 6.50. The maximum absolute atomic E-state index is 12.1. The van der Waals surface area contributed by atoms with Crippen LogP contribution in [0.2, 0.25) is 0 Å². The van der Waals surface area contributed by atoms with Gasteiger partial charge in [0.2, 0.25) is 10.0 Å². The fourth-order valence-corrected chi connectivity index (χ4v) is 3.03. The van der Waals surface area contributed by atoms with Crippen LogP contribution < -0.4 is 10.5 Å². The van der Waals surface area contributed by atoms with E-state index in [4.69, 9.17) is 5.73 Å². The lowest BCUT2D eigenvalue weighted by Gasteiger charge is -2.14. The molecule has 0 aliphatic carbocycles. The molecular weight excluding hydrogens is 264 g/mol. The van der Waals surface area contributed by atoms with Crippen LogP contribution in [-0.2, 0) is 10.0 Å². The Morgan fingerprint density at radius 3 is 2.47 bits per heavy atom. The van der Waals surface area contributed by atoms with Crippen molar-refractivity contribution in [3.8, 4) is 0 Å². The van der Waals surface area contributed by atoms with E-state index in [9.17, 15) is 13.5 Å². The molecule has 6 heteroatoms. The van der Waals surface area contributed by atoms with Crippen molar-refractivity contribution in [2.45, 2.75) is 44.6 Å². The predicted octanol–water partition coefficient (Wildman–Crippen LogP) is 1.32. The predicted molar refractivity (Wildman–Crippen MR) is 76.4 cm³/mol. The van der Waals surface area contributed by atoms with Gasteiger partial charge >= 0.3 is 0 Å². The molecule has 1 unspecified atom stereocenters. The lowest BCUT2D eigenvalue weighted by molar-refractivity contribution is 0.167. The normalized spacial score (nSPS) is 13.5. The lowest BCUT2D eigenvalue weighted by Crippen LogP contribution is -2.32. The molecule has 0 bridgehead atoms. The monoisotopic (exact) mass is 286 g/mol. The van der Waals surface area contributed by atoms with Crippen LogP contribution in [0.3, 0.4) is 0 Å². The Kier molecular flexibility index (Phi) is 5.34. The van der Waals surface area contributed by atoms with Gasteiger partial charge in [-0.3, -0.25) is 0 Å². The van der Waals surface area contributed by atoms with E-state index in [1.807, 2.05) is 20.8 Å². The molecular formula is C13H22N2O3S. The summed E-state index contributed by atoms with van der Waals surface area (Å²) in [6, 6.07) is 3.20. The van der Waals surface area contributed by atoms with Crippen LogP contribution in [0.25, 0.3) is 0 Å². The fraction of sp³-hybridized carbons (Fsp3) is 0.538. The lowest BCUT2D eigenvalue weighted by atomic mass is 10.1. The van der Waals surface area contributed by atoms with Gasteiger partial charge in [-0.05, 0) is 43.5 Å². The molecule has 0 fully saturated rings. The van der Waals surface area contributed by atoms with E-state index in [2.05, 4.69) is 4.72 Å². The van der Waals surface area contributed by atoms with Gasteiger partial charge < -0.3 is 10.8 Å². The summed E-state index contributed by atoms with van der Waals surface area (Å²) in [5.41, 5.74) is 7.79. The van der Waals surface area contributed by atoms with E-state index < -0.39 is 16.1 Å². The summed E-state index contributed by atoms with van der Waals surface area (Å²) in [4.78, 5) is 0.0688. The molecule has 19 heavy (non-hydrogen) atoms. The number of sulfonamides is 1. The van der Waals surface area contributed by atoms with Crippen LogP contribution >= 0.6 is 0 Å². The number of aliphatic hydroxyl groups excluding tert-OH is 1. The highest BCUT2D eigenvalue weighted by Gasteiger charge is 2.19. The van der Waals surface area contributed by atoms with Crippen molar-refractivity contribution < 1.29 is 13.5 Å².